The molecule has 0 bridgehead atoms. The van der Waals surface area contributed by atoms with Crippen molar-refractivity contribution in [2.75, 3.05) is 13.1 Å². The molecule has 2 nitrogen and oxygen atoms in total. The third kappa shape index (κ3) is 3.83. The number of hydrogen-bond donors (Lipinski definition) is 0. The Morgan fingerprint density at radius 3 is 2.82 bits per heavy atom. The molecule has 0 saturated carbocycles. The van der Waals surface area contributed by atoms with Crippen molar-refractivity contribution in [3.63, 3.8) is 0 Å². The second-order valence-corrected chi connectivity index (χ2v) is 6.17. The first-order chi connectivity index (χ1) is 10.8. The van der Waals surface area contributed by atoms with Crippen molar-refractivity contribution >= 4 is 6.08 Å². The van der Waals surface area contributed by atoms with Gasteiger partial charge >= 0.3 is 0 Å². The van der Waals surface area contributed by atoms with Gasteiger partial charge in [0.25, 0.3) is 0 Å². The van der Waals surface area contributed by atoms with Crippen LogP contribution in [0.1, 0.15) is 43.4 Å². The van der Waals surface area contributed by atoms with Crippen molar-refractivity contribution < 1.29 is 0 Å². The molecule has 1 saturated heterocycles. The summed E-state index contributed by atoms with van der Waals surface area (Å²) in [5.74, 6) is 0. The van der Waals surface area contributed by atoms with Crippen LogP contribution in [0.5, 0.6) is 0 Å². The summed E-state index contributed by atoms with van der Waals surface area (Å²) >= 11 is 0. The summed E-state index contributed by atoms with van der Waals surface area (Å²) in [6.45, 7) is 4.45. The van der Waals surface area contributed by atoms with E-state index in [9.17, 15) is 0 Å². The van der Waals surface area contributed by atoms with Gasteiger partial charge in [0.1, 0.15) is 0 Å². The fraction of sp³-hybridized carbons (Fsp3) is 0.350. The van der Waals surface area contributed by atoms with Gasteiger partial charge in [-0.2, -0.15) is 0 Å². The van der Waals surface area contributed by atoms with Gasteiger partial charge in [0, 0.05) is 25.0 Å². The summed E-state index contributed by atoms with van der Waals surface area (Å²) < 4.78 is 0. The second-order valence-electron chi connectivity index (χ2n) is 6.17. The molecule has 2 heteroatoms. The van der Waals surface area contributed by atoms with E-state index in [1.807, 2.05) is 12.4 Å². The summed E-state index contributed by atoms with van der Waals surface area (Å²) in [5, 5.41) is 0. The Kier molecular flexibility index (Phi) is 5.02. The second kappa shape index (κ2) is 7.37. The molecule has 22 heavy (non-hydrogen) atoms. The summed E-state index contributed by atoms with van der Waals surface area (Å²) in [6.07, 6.45) is 10.0. The summed E-state index contributed by atoms with van der Waals surface area (Å²) in [7, 11) is 0. The Bertz CT molecular complexity index is 604. The van der Waals surface area contributed by atoms with Crippen molar-refractivity contribution in [3.05, 3.63) is 71.6 Å². The van der Waals surface area contributed by atoms with E-state index in [0.717, 1.165) is 6.54 Å². The number of likely N-dealkylation sites (tertiary alicyclic amines) is 1. The summed E-state index contributed by atoms with van der Waals surface area (Å²) in [4.78, 5) is 6.91. The fourth-order valence-electron chi connectivity index (χ4n) is 3.33. The maximum atomic E-state index is 4.30. The molecule has 0 amide bonds. The number of piperidine rings is 1. The Hall–Kier alpha value is -1.93. The number of benzene rings is 1. The van der Waals surface area contributed by atoms with Gasteiger partial charge in [-0.15, -0.1) is 0 Å². The van der Waals surface area contributed by atoms with E-state index in [1.165, 1.54) is 42.5 Å². The quantitative estimate of drug-likeness (QED) is 0.811. The first-order valence-corrected chi connectivity index (χ1v) is 8.19. The predicted octanol–water partition coefficient (Wildman–Crippen LogP) is 4.71. The van der Waals surface area contributed by atoms with Gasteiger partial charge in [-0.1, -0.05) is 54.5 Å². The first-order valence-electron chi connectivity index (χ1n) is 8.19. The maximum Gasteiger partial charge on any atom is 0.0366 e. The van der Waals surface area contributed by atoms with Gasteiger partial charge in [-0.3, -0.25) is 9.88 Å². The number of aromatic nitrogens is 1. The van der Waals surface area contributed by atoms with Crippen LogP contribution in [0, 0.1) is 0 Å². The zero-order valence-electron chi connectivity index (χ0n) is 13.3. The highest BCUT2D eigenvalue weighted by atomic mass is 15.2. The molecule has 2 heterocycles. The fourth-order valence-corrected chi connectivity index (χ4v) is 3.33. The maximum absolute atomic E-state index is 4.30. The van der Waals surface area contributed by atoms with E-state index in [-0.39, 0.29) is 0 Å². The monoisotopic (exact) mass is 292 g/mol. The third-order valence-corrected chi connectivity index (χ3v) is 4.35. The highest BCUT2D eigenvalue weighted by Gasteiger charge is 2.23. The summed E-state index contributed by atoms with van der Waals surface area (Å²) in [6, 6.07) is 15.4. The lowest BCUT2D eigenvalue weighted by Crippen LogP contribution is -2.34. The lowest BCUT2D eigenvalue weighted by Gasteiger charge is -2.36. The molecule has 1 aromatic carbocycles. The molecule has 1 aromatic heterocycles. The molecule has 1 fully saturated rings. The van der Waals surface area contributed by atoms with Gasteiger partial charge in [-0.05, 0) is 43.5 Å². The van der Waals surface area contributed by atoms with E-state index in [0.29, 0.717) is 6.04 Å². The Balaban J connectivity index is 1.73. The molecule has 1 unspecified atom stereocenters. The number of hydrogen-bond acceptors (Lipinski definition) is 2. The molecule has 114 valence electrons. The van der Waals surface area contributed by atoms with E-state index >= 15 is 0 Å². The van der Waals surface area contributed by atoms with Gasteiger partial charge in [0.05, 0.1) is 0 Å². The van der Waals surface area contributed by atoms with E-state index in [2.05, 4.69) is 65.3 Å². The van der Waals surface area contributed by atoms with Gasteiger partial charge in [0.15, 0.2) is 0 Å². The van der Waals surface area contributed by atoms with Crippen LogP contribution in [-0.2, 0) is 0 Å². The SMILES string of the molecule is CC(=Cc1ccccc1)CN1CCCCC1c1cccnc1. The molecule has 1 aliphatic heterocycles. The van der Waals surface area contributed by atoms with Crippen LogP contribution in [0.4, 0.5) is 0 Å². The molecule has 0 N–H and O–H groups in total. The highest BCUT2D eigenvalue weighted by Crippen LogP contribution is 2.31. The average Bonchev–Trinajstić information content (AvgIpc) is 2.57. The minimum atomic E-state index is 0.515. The largest absolute Gasteiger partial charge is 0.292 e. The minimum Gasteiger partial charge on any atom is -0.292 e. The molecule has 0 spiro atoms. The van der Waals surface area contributed by atoms with E-state index in [1.54, 1.807) is 0 Å². The van der Waals surface area contributed by atoms with Crippen LogP contribution >= 0.6 is 0 Å². The third-order valence-electron chi connectivity index (χ3n) is 4.35. The predicted molar refractivity (Wildman–Crippen MR) is 92.5 cm³/mol. The summed E-state index contributed by atoms with van der Waals surface area (Å²) in [5.41, 5.74) is 4.06. The standard InChI is InChI=1S/C20H24N2/c1-17(14-18-8-3-2-4-9-18)16-22-13-6-5-11-20(22)19-10-7-12-21-15-19/h2-4,7-10,12,14-15,20H,5-6,11,13,16H2,1H3. The van der Waals surface area contributed by atoms with E-state index in [4.69, 9.17) is 0 Å². The Labute approximate surface area is 133 Å². The van der Waals surface area contributed by atoms with Gasteiger partial charge in [0.2, 0.25) is 0 Å². The van der Waals surface area contributed by atoms with Crippen LogP contribution in [0.2, 0.25) is 0 Å². The van der Waals surface area contributed by atoms with Crippen LogP contribution < -0.4 is 0 Å². The molecule has 1 atom stereocenters. The van der Waals surface area contributed by atoms with Crippen molar-refractivity contribution in [2.24, 2.45) is 0 Å². The molecular weight excluding hydrogens is 268 g/mol. The lowest BCUT2D eigenvalue weighted by molar-refractivity contribution is 0.162. The molecule has 1 aliphatic rings. The molecular formula is C20H24N2. The van der Waals surface area contributed by atoms with Crippen LogP contribution in [0.15, 0.2) is 60.4 Å². The number of rotatable bonds is 4. The van der Waals surface area contributed by atoms with Gasteiger partial charge < -0.3 is 0 Å². The smallest absolute Gasteiger partial charge is 0.0366 e. The zero-order valence-corrected chi connectivity index (χ0v) is 13.3. The van der Waals surface area contributed by atoms with Crippen LogP contribution in [0.3, 0.4) is 0 Å². The van der Waals surface area contributed by atoms with Crippen LogP contribution in [0.25, 0.3) is 6.08 Å². The molecule has 3 rings (SSSR count). The van der Waals surface area contributed by atoms with Crippen molar-refractivity contribution in [2.45, 2.75) is 32.2 Å². The normalized spacial score (nSPS) is 20.0. The highest BCUT2D eigenvalue weighted by molar-refractivity contribution is 5.52. The first kappa shape index (κ1) is 15.0. The van der Waals surface area contributed by atoms with Crippen molar-refractivity contribution in [3.8, 4) is 0 Å². The number of nitrogens with zero attached hydrogens (tertiary/aromatic N) is 2. The zero-order chi connectivity index (χ0) is 15.2. The average molecular weight is 292 g/mol. The number of pyridine rings is 1. The Morgan fingerprint density at radius 2 is 2.05 bits per heavy atom. The minimum absolute atomic E-state index is 0.515. The molecule has 0 aliphatic carbocycles. The molecule has 2 aromatic rings. The van der Waals surface area contributed by atoms with Crippen LogP contribution in [-0.4, -0.2) is 23.0 Å². The van der Waals surface area contributed by atoms with Crippen molar-refractivity contribution in [1.82, 2.24) is 9.88 Å². The van der Waals surface area contributed by atoms with E-state index < -0.39 is 0 Å². The molecule has 0 radical (unpaired) electrons. The topological polar surface area (TPSA) is 16.1 Å². The lowest BCUT2D eigenvalue weighted by atomic mass is 9.95. The van der Waals surface area contributed by atoms with Crippen molar-refractivity contribution in [1.29, 1.82) is 0 Å². The Morgan fingerprint density at radius 1 is 1.18 bits per heavy atom. The van der Waals surface area contributed by atoms with Gasteiger partial charge in [-0.25, -0.2) is 0 Å².